The minimum atomic E-state index is -2.19. The Kier molecular flexibility index (Phi) is 14.3. The lowest BCUT2D eigenvalue weighted by Crippen LogP contribution is -2.49. The maximum absolute atomic E-state index is 14.0. The fourth-order valence-electron chi connectivity index (χ4n) is 8.63. The van der Waals surface area contributed by atoms with E-state index < -0.39 is 40.0 Å². The first-order valence-corrected chi connectivity index (χ1v) is 24.0. The second kappa shape index (κ2) is 20.1. The molecule has 352 valence electrons. The van der Waals surface area contributed by atoms with Crippen LogP contribution in [0.25, 0.3) is 22.2 Å². The van der Waals surface area contributed by atoms with Crippen molar-refractivity contribution in [3.8, 4) is 11.5 Å². The Labute approximate surface area is 398 Å². The van der Waals surface area contributed by atoms with E-state index in [9.17, 15) is 24.3 Å². The number of benzene rings is 3. The molecule has 1 fully saturated rings. The topological polar surface area (TPSA) is 187 Å². The molecule has 1 aliphatic carbocycles. The van der Waals surface area contributed by atoms with Crippen molar-refractivity contribution in [2.24, 2.45) is 5.41 Å². The predicted octanol–water partition coefficient (Wildman–Crippen LogP) is 10.2. The van der Waals surface area contributed by atoms with Gasteiger partial charge in [-0.3, -0.25) is 19.8 Å². The average molecular weight is 951 g/mol. The smallest absolute Gasteiger partial charge is 0.410 e. The fraction of sp³-hybridized carbons (Fsp3) is 0.380. The SMILES string of the molecule is CC1(C)CCC(CN2CC=C(c3ccc(C(=O)N[S+]([O-])c4ccc(NCC5CN(C(=O)OC(C)(C)C)CCO5)c([N+](=O)[O-])c4)c(Oc4cnc5[nH]ccc5c4)c3)CC2)=C(c2ccc(Cl)cc2)C1. The van der Waals surface area contributed by atoms with Crippen LogP contribution in [0, 0.1) is 15.5 Å². The van der Waals surface area contributed by atoms with E-state index in [1.165, 1.54) is 28.8 Å². The van der Waals surface area contributed by atoms with Gasteiger partial charge in [-0.05, 0) is 123 Å². The molecule has 0 saturated carbocycles. The highest BCUT2D eigenvalue weighted by molar-refractivity contribution is 7.90. The second-order valence-electron chi connectivity index (χ2n) is 19.0. The minimum Gasteiger partial charge on any atom is -0.588 e. The average Bonchev–Trinajstić information content (AvgIpc) is 3.77. The maximum Gasteiger partial charge on any atom is 0.410 e. The Morgan fingerprint density at radius 1 is 1.04 bits per heavy atom. The molecule has 1 saturated heterocycles. The first-order chi connectivity index (χ1) is 32.0. The van der Waals surface area contributed by atoms with Crippen molar-refractivity contribution < 1.29 is 33.3 Å². The van der Waals surface area contributed by atoms with E-state index in [1.807, 2.05) is 36.4 Å². The van der Waals surface area contributed by atoms with Gasteiger partial charge in [-0.25, -0.2) is 9.78 Å². The number of aromatic amines is 1. The lowest BCUT2D eigenvalue weighted by atomic mass is 9.72. The lowest BCUT2D eigenvalue weighted by Gasteiger charge is -2.36. The third-order valence-corrected chi connectivity index (χ3v) is 13.5. The molecule has 2 aromatic heterocycles. The number of hydrogen-bond acceptors (Lipinski definition) is 11. The van der Waals surface area contributed by atoms with E-state index in [-0.39, 0.29) is 52.7 Å². The van der Waals surface area contributed by atoms with Gasteiger partial charge in [-0.1, -0.05) is 55.3 Å². The highest BCUT2D eigenvalue weighted by atomic mass is 35.5. The first-order valence-electron chi connectivity index (χ1n) is 22.5. The summed E-state index contributed by atoms with van der Waals surface area (Å²) in [6.45, 7) is 13.5. The number of fused-ring (bicyclic) bond motifs is 1. The van der Waals surface area contributed by atoms with Crippen molar-refractivity contribution in [2.75, 3.05) is 51.2 Å². The van der Waals surface area contributed by atoms with Crippen molar-refractivity contribution in [2.45, 2.75) is 76.9 Å². The predicted molar refractivity (Wildman–Crippen MR) is 261 cm³/mol. The summed E-state index contributed by atoms with van der Waals surface area (Å²) in [4.78, 5) is 49.9. The summed E-state index contributed by atoms with van der Waals surface area (Å²) in [7, 11) is 0. The number of nitro groups is 1. The van der Waals surface area contributed by atoms with Crippen LogP contribution in [0.3, 0.4) is 0 Å². The zero-order valence-electron chi connectivity index (χ0n) is 38.4. The summed E-state index contributed by atoms with van der Waals surface area (Å²) in [5.41, 5.74) is 6.30. The van der Waals surface area contributed by atoms with Crippen molar-refractivity contribution in [3.05, 3.63) is 129 Å². The summed E-state index contributed by atoms with van der Waals surface area (Å²) >= 11 is 4.06. The normalized spacial score (nSPS) is 18.3. The molecule has 3 N–H and O–H groups in total. The number of carbonyl (C=O) groups is 2. The Morgan fingerprint density at radius 2 is 1.84 bits per heavy atom. The van der Waals surface area contributed by atoms with Gasteiger partial charge in [0.1, 0.15) is 39.8 Å². The minimum absolute atomic E-state index is 0.0155. The number of halogens is 1. The number of morpholine rings is 1. The Morgan fingerprint density at radius 3 is 2.58 bits per heavy atom. The molecular weight excluding hydrogens is 894 g/mol. The van der Waals surface area contributed by atoms with E-state index in [4.69, 9.17) is 25.8 Å². The van der Waals surface area contributed by atoms with Crippen molar-refractivity contribution >= 4 is 68.5 Å². The van der Waals surface area contributed by atoms with Gasteiger partial charge in [0, 0.05) is 49.3 Å². The van der Waals surface area contributed by atoms with E-state index in [1.54, 1.807) is 44.1 Å². The molecule has 2 aliphatic heterocycles. The number of amides is 2. The summed E-state index contributed by atoms with van der Waals surface area (Å²) < 4.78 is 33.9. The third kappa shape index (κ3) is 12.0. The number of allylic oxidation sites excluding steroid dienone is 1. The molecule has 4 heterocycles. The zero-order chi connectivity index (χ0) is 47.5. The van der Waals surface area contributed by atoms with Gasteiger partial charge < -0.3 is 34.0 Å². The number of nitrogens with zero attached hydrogens (tertiary/aromatic N) is 4. The lowest BCUT2D eigenvalue weighted by molar-refractivity contribution is -0.384. The van der Waals surface area contributed by atoms with Crippen LogP contribution in [-0.4, -0.2) is 98.8 Å². The highest BCUT2D eigenvalue weighted by Gasteiger charge is 2.31. The van der Waals surface area contributed by atoms with Crippen LogP contribution in [0.5, 0.6) is 11.5 Å². The Bertz CT molecular complexity index is 2710. The molecule has 17 heteroatoms. The summed E-state index contributed by atoms with van der Waals surface area (Å²) in [6.07, 6.45) is 8.62. The molecule has 3 aliphatic rings. The van der Waals surface area contributed by atoms with E-state index >= 15 is 0 Å². The van der Waals surface area contributed by atoms with Crippen LogP contribution >= 0.6 is 11.6 Å². The number of nitrogens with one attached hydrogen (secondary N) is 3. The number of ether oxygens (including phenoxy) is 3. The molecule has 2 amide bonds. The number of rotatable bonds is 13. The van der Waals surface area contributed by atoms with E-state index in [0.29, 0.717) is 17.9 Å². The van der Waals surface area contributed by atoms with Crippen LogP contribution in [0.4, 0.5) is 16.2 Å². The number of H-pyrrole nitrogens is 1. The molecular formula is C50H56ClN7O8S. The van der Waals surface area contributed by atoms with Gasteiger partial charge in [0.15, 0.2) is 4.90 Å². The number of carbonyl (C=O) groups excluding carboxylic acids is 2. The quantitative estimate of drug-likeness (QED) is 0.0579. The van der Waals surface area contributed by atoms with Crippen molar-refractivity contribution in [3.63, 3.8) is 0 Å². The summed E-state index contributed by atoms with van der Waals surface area (Å²) in [5.74, 6) is -0.0672. The Balaban J connectivity index is 0.974. The van der Waals surface area contributed by atoms with Gasteiger partial charge in [-0.2, -0.15) is 4.72 Å². The molecule has 2 unspecified atom stereocenters. The van der Waals surface area contributed by atoms with Crippen LogP contribution in [-0.2, 0) is 20.8 Å². The molecule has 15 nitrogen and oxygen atoms in total. The zero-order valence-corrected chi connectivity index (χ0v) is 39.9. The molecule has 3 aromatic carbocycles. The van der Waals surface area contributed by atoms with Crippen LogP contribution in [0.2, 0.25) is 5.02 Å². The monoisotopic (exact) mass is 949 g/mol. The number of hydrogen-bond donors (Lipinski definition) is 3. The van der Waals surface area contributed by atoms with E-state index in [0.717, 1.165) is 72.9 Å². The number of nitro benzene ring substituents is 1. The molecule has 0 radical (unpaired) electrons. The van der Waals surface area contributed by atoms with Gasteiger partial charge in [0.2, 0.25) is 0 Å². The molecule has 2 atom stereocenters. The number of anilines is 1. The van der Waals surface area contributed by atoms with Crippen LogP contribution < -0.4 is 14.8 Å². The van der Waals surface area contributed by atoms with Crippen LogP contribution in [0.15, 0.2) is 102 Å². The van der Waals surface area contributed by atoms with E-state index in [2.05, 4.69) is 57.0 Å². The highest BCUT2D eigenvalue weighted by Crippen LogP contribution is 2.44. The standard InChI is InChI=1S/C50H56ClN7O8S/c1-49(2,3)66-48(60)57-22-23-64-39(31-57)29-53-43-13-11-40(26-44(43)58(61)62)67(63)55-47(59)41-12-8-34(25-45(41)65-38-24-35-15-19-52-46(35)54-28-38)32-16-20-56(21-17-32)30-36-14-18-50(4,5)27-42(36)33-6-9-37(51)10-7-33/h6-13,15-16,19,24-26,28,39,53H,14,17-18,20-23,27,29-31H2,1-5H3,(H,52,54)(H,55,59). The summed E-state index contributed by atoms with van der Waals surface area (Å²) in [5, 5.41) is 16.8. The van der Waals surface area contributed by atoms with Crippen LogP contribution in [0.1, 0.15) is 81.8 Å². The molecule has 0 bridgehead atoms. The molecule has 8 rings (SSSR count). The first kappa shape index (κ1) is 47.6. The largest absolute Gasteiger partial charge is 0.588 e. The van der Waals surface area contributed by atoms with Crippen molar-refractivity contribution in [1.29, 1.82) is 0 Å². The van der Waals surface area contributed by atoms with Gasteiger partial charge in [-0.15, -0.1) is 0 Å². The molecule has 67 heavy (non-hydrogen) atoms. The van der Waals surface area contributed by atoms with Crippen molar-refractivity contribution in [1.82, 2.24) is 24.5 Å². The van der Waals surface area contributed by atoms with Gasteiger partial charge in [0.25, 0.3) is 11.6 Å². The number of pyridine rings is 1. The molecule has 0 spiro atoms. The third-order valence-electron chi connectivity index (χ3n) is 12.2. The maximum atomic E-state index is 14.0. The fourth-order valence-corrected chi connectivity index (χ4v) is 9.56. The summed E-state index contributed by atoms with van der Waals surface area (Å²) in [6, 6.07) is 21.2. The van der Waals surface area contributed by atoms with Gasteiger partial charge >= 0.3 is 6.09 Å². The number of aromatic nitrogens is 2. The molecule has 5 aromatic rings. The van der Waals surface area contributed by atoms with Gasteiger partial charge in [0.05, 0.1) is 42.0 Å². The Hall–Kier alpha value is -5.91. The second-order valence-corrected chi connectivity index (χ2v) is 20.6.